The van der Waals surface area contributed by atoms with Gasteiger partial charge in [-0.25, -0.2) is 9.97 Å². The highest BCUT2D eigenvalue weighted by atomic mass is 16.1. The molecule has 1 unspecified atom stereocenters. The Kier molecular flexibility index (Phi) is 4.34. The molecule has 2 aromatic rings. The van der Waals surface area contributed by atoms with Gasteiger partial charge < -0.3 is 9.88 Å². The van der Waals surface area contributed by atoms with Gasteiger partial charge in [-0.05, 0) is 32.2 Å². The summed E-state index contributed by atoms with van der Waals surface area (Å²) >= 11 is 0. The Hall–Kier alpha value is -2.15. The summed E-state index contributed by atoms with van der Waals surface area (Å²) in [5.41, 5.74) is 0.898. The molecule has 4 rings (SSSR count). The molecule has 2 aliphatic heterocycles. The van der Waals surface area contributed by atoms with Crippen LogP contribution < -0.4 is 10.5 Å². The van der Waals surface area contributed by atoms with E-state index in [1.807, 2.05) is 6.20 Å². The van der Waals surface area contributed by atoms with Gasteiger partial charge in [0, 0.05) is 44.0 Å². The molecule has 0 saturated carbocycles. The summed E-state index contributed by atoms with van der Waals surface area (Å²) in [5.74, 6) is 2.06. The number of H-pyrrole nitrogens is 2. The zero-order valence-corrected chi connectivity index (χ0v) is 13.9. The summed E-state index contributed by atoms with van der Waals surface area (Å²) in [4.78, 5) is 31.9. The summed E-state index contributed by atoms with van der Waals surface area (Å²) in [6, 6.07) is 1.68. The number of hydrogen-bond acceptors (Lipinski definition) is 5. The zero-order valence-electron chi connectivity index (χ0n) is 13.9. The summed E-state index contributed by atoms with van der Waals surface area (Å²) in [6.45, 7) is 4.80. The quantitative estimate of drug-likeness (QED) is 0.888. The number of rotatable bonds is 4. The van der Waals surface area contributed by atoms with Crippen LogP contribution in [-0.2, 0) is 6.54 Å². The number of anilines is 1. The summed E-state index contributed by atoms with van der Waals surface area (Å²) in [7, 11) is 0. The van der Waals surface area contributed by atoms with E-state index < -0.39 is 0 Å². The van der Waals surface area contributed by atoms with Crippen molar-refractivity contribution < 1.29 is 0 Å². The average molecular weight is 328 g/mol. The SMILES string of the molecule is O=c1cc(C2CCCN(Cc3ncc[nH]3)C2)nc(N2CCCC2)[nH]1. The molecule has 0 aromatic carbocycles. The Balaban J connectivity index is 1.51. The fraction of sp³-hybridized carbons (Fsp3) is 0.588. The molecule has 128 valence electrons. The lowest BCUT2D eigenvalue weighted by atomic mass is 9.94. The third kappa shape index (κ3) is 3.36. The van der Waals surface area contributed by atoms with Crippen LogP contribution in [0.15, 0.2) is 23.3 Å². The minimum absolute atomic E-state index is 0.0370. The number of nitrogens with one attached hydrogen (secondary N) is 2. The fourth-order valence-electron chi connectivity index (χ4n) is 3.79. The first-order valence-corrected chi connectivity index (χ1v) is 8.85. The Bertz CT molecular complexity index is 719. The van der Waals surface area contributed by atoms with E-state index in [4.69, 9.17) is 4.98 Å². The Morgan fingerprint density at radius 2 is 2.08 bits per heavy atom. The number of aromatic nitrogens is 4. The molecular formula is C17H24N6O. The lowest BCUT2D eigenvalue weighted by Crippen LogP contribution is -2.35. The summed E-state index contributed by atoms with van der Waals surface area (Å²) < 4.78 is 0. The van der Waals surface area contributed by atoms with Gasteiger partial charge >= 0.3 is 0 Å². The predicted molar refractivity (Wildman–Crippen MR) is 92.1 cm³/mol. The van der Waals surface area contributed by atoms with Crippen molar-refractivity contribution in [3.05, 3.63) is 40.3 Å². The second-order valence-corrected chi connectivity index (χ2v) is 6.80. The van der Waals surface area contributed by atoms with E-state index in [2.05, 4.69) is 24.8 Å². The van der Waals surface area contributed by atoms with Crippen LogP contribution in [0, 0.1) is 0 Å². The minimum atomic E-state index is -0.0370. The van der Waals surface area contributed by atoms with Crippen molar-refractivity contribution in [3.63, 3.8) is 0 Å². The van der Waals surface area contributed by atoms with Crippen LogP contribution >= 0.6 is 0 Å². The van der Waals surface area contributed by atoms with Gasteiger partial charge in [0.15, 0.2) is 0 Å². The highest BCUT2D eigenvalue weighted by molar-refractivity contribution is 5.32. The van der Waals surface area contributed by atoms with Crippen molar-refractivity contribution in [1.82, 2.24) is 24.8 Å². The summed E-state index contributed by atoms with van der Waals surface area (Å²) in [6.07, 6.45) is 8.21. The van der Waals surface area contributed by atoms with E-state index in [1.54, 1.807) is 12.3 Å². The molecule has 2 aliphatic rings. The van der Waals surface area contributed by atoms with Crippen molar-refractivity contribution >= 4 is 5.95 Å². The number of piperidine rings is 1. The van der Waals surface area contributed by atoms with Gasteiger partial charge in [0.25, 0.3) is 5.56 Å². The van der Waals surface area contributed by atoms with Crippen LogP contribution in [0.5, 0.6) is 0 Å². The Morgan fingerprint density at radius 3 is 2.88 bits per heavy atom. The van der Waals surface area contributed by atoms with Crippen LogP contribution in [0.2, 0.25) is 0 Å². The second-order valence-electron chi connectivity index (χ2n) is 6.80. The summed E-state index contributed by atoms with van der Waals surface area (Å²) in [5, 5.41) is 0. The largest absolute Gasteiger partial charge is 0.348 e. The Labute approximate surface area is 141 Å². The van der Waals surface area contributed by atoms with Gasteiger partial charge in [-0.2, -0.15) is 0 Å². The van der Waals surface area contributed by atoms with Crippen molar-refractivity contribution in [2.45, 2.75) is 38.1 Å². The van der Waals surface area contributed by atoms with Gasteiger partial charge in [-0.15, -0.1) is 0 Å². The van der Waals surface area contributed by atoms with E-state index >= 15 is 0 Å². The molecule has 0 aliphatic carbocycles. The highest BCUT2D eigenvalue weighted by Crippen LogP contribution is 2.26. The number of imidazole rings is 1. The standard InChI is InChI=1S/C17H24N6O/c24-16-10-14(20-17(21-16)23-8-1-2-9-23)13-4-3-7-22(11-13)12-15-18-5-6-19-15/h5-6,10,13H,1-4,7-9,11-12H2,(H,18,19)(H,20,21,24). The van der Waals surface area contributed by atoms with Crippen LogP contribution in [-0.4, -0.2) is 51.0 Å². The van der Waals surface area contributed by atoms with Crippen molar-refractivity contribution in [2.24, 2.45) is 0 Å². The maximum absolute atomic E-state index is 12.1. The van der Waals surface area contributed by atoms with Crippen LogP contribution in [0.1, 0.15) is 43.1 Å². The number of aromatic amines is 2. The molecule has 0 radical (unpaired) electrons. The van der Waals surface area contributed by atoms with Crippen molar-refractivity contribution in [2.75, 3.05) is 31.1 Å². The smallest absolute Gasteiger partial charge is 0.252 e. The first kappa shape index (κ1) is 15.4. The fourth-order valence-corrected chi connectivity index (χ4v) is 3.79. The van der Waals surface area contributed by atoms with E-state index in [0.29, 0.717) is 5.92 Å². The zero-order chi connectivity index (χ0) is 16.4. The van der Waals surface area contributed by atoms with Crippen molar-refractivity contribution in [1.29, 1.82) is 0 Å². The highest BCUT2D eigenvalue weighted by Gasteiger charge is 2.24. The number of nitrogens with zero attached hydrogens (tertiary/aromatic N) is 4. The monoisotopic (exact) mass is 328 g/mol. The van der Waals surface area contributed by atoms with E-state index in [-0.39, 0.29) is 5.56 Å². The third-order valence-electron chi connectivity index (χ3n) is 5.01. The molecule has 24 heavy (non-hydrogen) atoms. The number of likely N-dealkylation sites (tertiary alicyclic amines) is 1. The van der Waals surface area contributed by atoms with E-state index in [9.17, 15) is 4.79 Å². The Morgan fingerprint density at radius 1 is 1.21 bits per heavy atom. The van der Waals surface area contributed by atoms with Gasteiger partial charge in [-0.1, -0.05) is 0 Å². The first-order chi connectivity index (χ1) is 11.8. The molecule has 0 amide bonds. The van der Waals surface area contributed by atoms with Crippen LogP contribution in [0.3, 0.4) is 0 Å². The maximum Gasteiger partial charge on any atom is 0.252 e. The molecule has 2 fully saturated rings. The van der Waals surface area contributed by atoms with E-state index in [0.717, 1.165) is 63.0 Å². The van der Waals surface area contributed by atoms with Gasteiger partial charge in [0.2, 0.25) is 5.95 Å². The molecule has 2 N–H and O–H groups in total. The van der Waals surface area contributed by atoms with Crippen LogP contribution in [0.4, 0.5) is 5.95 Å². The van der Waals surface area contributed by atoms with Gasteiger partial charge in [-0.3, -0.25) is 14.7 Å². The minimum Gasteiger partial charge on any atom is -0.348 e. The molecule has 7 heteroatoms. The average Bonchev–Trinajstić information content (AvgIpc) is 3.28. The molecule has 4 heterocycles. The molecule has 1 atom stereocenters. The lowest BCUT2D eigenvalue weighted by molar-refractivity contribution is 0.194. The molecule has 2 aromatic heterocycles. The number of hydrogen-bond donors (Lipinski definition) is 2. The molecule has 0 bridgehead atoms. The van der Waals surface area contributed by atoms with Gasteiger partial charge in [0.05, 0.1) is 12.2 Å². The topological polar surface area (TPSA) is 80.9 Å². The van der Waals surface area contributed by atoms with Gasteiger partial charge in [0.1, 0.15) is 5.82 Å². The molecule has 0 spiro atoms. The second kappa shape index (κ2) is 6.76. The van der Waals surface area contributed by atoms with Crippen LogP contribution in [0.25, 0.3) is 0 Å². The predicted octanol–water partition coefficient (Wildman–Crippen LogP) is 1.47. The molecular weight excluding hydrogens is 304 g/mol. The molecule has 2 saturated heterocycles. The third-order valence-corrected chi connectivity index (χ3v) is 5.01. The normalized spacial score (nSPS) is 22.2. The van der Waals surface area contributed by atoms with Crippen molar-refractivity contribution in [3.8, 4) is 0 Å². The maximum atomic E-state index is 12.1. The first-order valence-electron chi connectivity index (χ1n) is 8.85. The molecule has 7 nitrogen and oxygen atoms in total. The lowest BCUT2D eigenvalue weighted by Gasteiger charge is -2.32. The van der Waals surface area contributed by atoms with E-state index in [1.165, 1.54) is 12.8 Å².